The van der Waals surface area contributed by atoms with E-state index in [-0.39, 0.29) is 5.91 Å². The van der Waals surface area contributed by atoms with Gasteiger partial charge in [-0.2, -0.15) is 0 Å². The second-order valence-corrected chi connectivity index (χ2v) is 5.55. The second kappa shape index (κ2) is 6.15. The molecule has 0 spiro atoms. The first-order valence-electron chi connectivity index (χ1n) is 7.07. The van der Waals surface area contributed by atoms with Crippen molar-refractivity contribution in [1.29, 1.82) is 0 Å². The lowest BCUT2D eigenvalue weighted by Crippen LogP contribution is -2.34. The molecule has 0 unspecified atom stereocenters. The minimum atomic E-state index is 0.0159. The van der Waals surface area contributed by atoms with Crippen LogP contribution in [0.25, 0.3) is 6.08 Å². The number of hydrogen-bond acceptors (Lipinski definition) is 1. The van der Waals surface area contributed by atoms with Crippen LogP contribution in [0.2, 0.25) is 5.02 Å². The zero-order chi connectivity index (χ0) is 14.7. The second-order valence-electron chi connectivity index (χ2n) is 5.11. The fourth-order valence-corrected chi connectivity index (χ4v) is 2.83. The van der Waals surface area contributed by atoms with Crippen LogP contribution in [0, 0.1) is 0 Å². The Kier molecular flexibility index (Phi) is 4.07. The molecule has 0 aromatic heterocycles. The summed E-state index contributed by atoms with van der Waals surface area (Å²) in [6.07, 6.45) is 5.48. The van der Waals surface area contributed by atoms with E-state index in [9.17, 15) is 4.79 Å². The van der Waals surface area contributed by atoms with Gasteiger partial charge in [0.15, 0.2) is 0 Å². The fourth-order valence-electron chi connectivity index (χ4n) is 2.63. The molecule has 3 heteroatoms. The molecule has 0 fully saturated rings. The van der Waals surface area contributed by atoms with E-state index in [2.05, 4.69) is 6.07 Å². The summed E-state index contributed by atoms with van der Waals surface area (Å²) >= 11 is 5.95. The van der Waals surface area contributed by atoms with Gasteiger partial charge in [-0.25, -0.2) is 0 Å². The molecule has 0 saturated heterocycles. The minimum Gasteiger partial charge on any atom is -0.309 e. The van der Waals surface area contributed by atoms with Gasteiger partial charge in [0.2, 0.25) is 0 Å². The summed E-state index contributed by atoms with van der Waals surface area (Å²) in [7, 11) is 0. The number of nitrogens with zero attached hydrogens (tertiary/aromatic N) is 1. The Balaban J connectivity index is 1.80. The average molecular weight is 298 g/mol. The molecular formula is C18H16ClNO. The highest BCUT2D eigenvalue weighted by Gasteiger charge is 2.20. The summed E-state index contributed by atoms with van der Waals surface area (Å²) in [6.45, 7) is 0.774. The van der Waals surface area contributed by atoms with Crippen molar-refractivity contribution in [3.8, 4) is 0 Å². The molecule has 1 heterocycles. The molecule has 2 aromatic carbocycles. The first kappa shape index (κ1) is 13.9. The number of carbonyl (C=O) groups excluding carboxylic acids is 1. The maximum atomic E-state index is 12.4. The molecule has 21 heavy (non-hydrogen) atoms. The lowest BCUT2D eigenvalue weighted by atomic mass is 10.0. The topological polar surface area (TPSA) is 20.3 Å². The van der Waals surface area contributed by atoms with E-state index in [0.29, 0.717) is 5.02 Å². The van der Waals surface area contributed by atoms with Crippen molar-refractivity contribution in [2.24, 2.45) is 0 Å². The zero-order valence-electron chi connectivity index (χ0n) is 11.6. The van der Waals surface area contributed by atoms with Gasteiger partial charge in [0.1, 0.15) is 0 Å². The maximum Gasteiger partial charge on any atom is 0.250 e. The molecule has 106 valence electrons. The van der Waals surface area contributed by atoms with Gasteiger partial charge in [-0.05, 0) is 48.2 Å². The molecule has 0 N–H and O–H groups in total. The monoisotopic (exact) mass is 297 g/mol. The Morgan fingerprint density at radius 1 is 1.14 bits per heavy atom. The van der Waals surface area contributed by atoms with E-state index in [4.69, 9.17) is 11.6 Å². The highest BCUT2D eigenvalue weighted by atomic mass is 35.5. The number of rotatable bonds is 2. The minimum absolute atomic E-state index is 0.0159. The van der Waals surface area contributed by atoms with Gasteiger partial charge in [0.05, 0.1) is 0 Å². The highest BCUT2D eigenvalue weighted by molar-refractivity contribution is 6.30. The van der Waals surface area contributed by atoms with Crippen molar-refractivity contribution in [3.05, 3.63) is 70.8 Å². The number of halogens is 1. The number of anilines is 1. The lowest BCUT2D eigenvalue weighted by Gasteiger charge is -2.28. The summed E-state index contributed by atoms with van der Waals surface area (Å²) in [5, 5.41) is 0.674. The van der Waals surface area contributed by atoms with Gasteiger partial charge in [0, 0.05) is 23.3 Å². The first-order chi connectivity index (χ1) is 10.2. The smallest absolute Gasteiger partial charge is 0.250 e. The molecular weight excluding hydrogens is 282 g/mol. The summed E-state index contributed by atoms with van der Waals surface area (Å²) in [5.41, 5.74) is 3.21. The molecule has 0 radical (unpaired) electrons. The van der Waals surface area contributed by atoms with Crippen LogP contribution in [0.3, 0.4) is 0 Å². The highest BCUT2D eigenvalue weighted by Crippen LogP contribution is 2.27. The van der Waals surface area contributed by atoms with E-state index < -0.39 is 0 Å². The van der Waals surface area contributed by atoms with E-state index in [1.54, 1.807) is 6.08 Å². The average Bonchev–Trinajstić information content (AvgIpc) is 2.52. The first-order valence-corrected chi connectivity index (χ1v) is 7.45. The van der Waals surface area contributed by atoms with Gasteiger partial charge in [-0.15, -0.1) is 0 Å². The third kappa shape index (κ3) is 3.17. The van der Waals surface area contributed by atoms with Crippen molar-refractivity contribution in [3.63, 3.8) is 0 Å². The third-order valence-electron chi connectivity index (χ3n) is 3.64. The molecule has 2 nitrogen and oxygen atoms in total. The van der Waals surface area contributed by atoms with Crippen molar-refractivity contribution < 1.29 is 4.79 Å². The van der Waals surface area contributed by atoms with Crippen LogP contribution in [-0.4, -0.2) is 12.5 Å². The van der Waals surface area contributed by atoms with Crippen LogP contribution in [0.1, 0.15) is 17.5 Å². The van der Waals surface area contributed by atoms with Crippen LogP contribution < -0.4 is 4.90 Å². The molecule has 0 saturated carbocycles. The Morgan fingerprint density at radius 2 is 2.00 bits per heavy atom. The number of carbonyl (C=O) groups is 1. The van der Waals surface area contributed by atoms with Crippen molar-refractivity contribution in [2.45, 2.75) is 12.8 Å². The molecule has 1 amide bonds. The SMILES string of the molecule is O=C(/C=C/c1cccc(Cl)c1)N1CCCc2ccccc21. The van der Waals surface area contributed by atoms with Gasteiger partial charge in [-0.3, -0.25) is 4.79 Å². The molecule has 2 aromatic rings. The lowest BCUT2D eigenvalue weighted by molar-refractivity contribution is -0.114. The number of aryl methyl sites for hydroxylation is 1. The predicted molar refractivity (Wildman–Crippen MR) is 87.6 cm³/mol. The molecule has 1 aliphatic heterocycles. The molecule has 3 rings (SSSR count). The predicted octanol–water partition coefficient (Wildman–Crippen LogP) is 4.33. The maximum absolute atomic E-state index is 12.4. The molecule has 0 atom stereocenters. The van der Waals surface area contributed by atoms with Crippen LogP contribution in [0.15, 0.2) is 54.6 Å². The zero-order valence-corrected chi connectivity index (χ0v) is 12.4. The summed E-state index contributed by atoms with van der Waals surface area (Å²) in [4.78, 5) is 14.3. The molecule has 0 bridgehead atoms. The van der Waals surface area contributed by atoms with Crippen LogP contribution in [0.5, 0.6) is 0 Å². The van der Waals surface area contributed by atoms with E-state index in [1.807, 2.05) is 53.4 Å². The quantitative estimate of drug-likeness (QED) is 0.755. The van der Waals surface area contributed by atoms with Crippen molar-refractivity contribution in [2.75, 3.05) is 11.4 Å². The largest absolute Gasteiger partial charge is 0.309 e. The van der Waals surface area contributed by atoms with Gasteiger partial charge < -0.3 is 4.90 Å². The van der Waals surface area contributed by atoms with Gasteiger partial charge in [0.25, 0.3) is 5.91 Å². The standard InChI is InChI=1S/C18H16ClNO/c19-16-8-3-5-14(13-16)10-11-18(21)20-12-4-7-15-6-1-2-9-17(15)20/h1-3,5-6,8-11,13H,4,7,12H2/b11-10+. The number of fused-ring (bicyclic) bond motifs is 1. The Bertz CT molecular complexity index is 693. The third-order valence-corrected chi connectivity index (χ3v) is 3.88. The van der Waals surface area contributed by atoms with Crippen LogP contribution >= 0.6 is 11.6 Å². The number of benzene rings is 2. The van der Waals surface area contributed by atoms with E-state index in [1.165, 1.54) is 5.56 Å². The van der Waals surface area contributed by atoms with Crippen molar-refractivity contribution >= 4 is 29.3 Å². The number of para-hydroxylation sites is 1. The Labute approximate surface area is 129 Å². The molecule has 1 aliphatic rings. The summed E-state index contributed by atoms with van der Waals surface area (Å²) in [6, 6.07) is 15.6. The Morgan fingerprint density at radius 3 is 2.86 bits per heavy atom. The van der Waals surface area contributed by atoms with Crippen molar-refractivity contribution in [1.82, 2.24) is 0 Å². The Hall–Kier alpha value is -2.06. The summed E-state index contributed by atoms with van der Waals surface area (Å²) < 4.78 is 0. The summed E-state index contributed by atoms with van der Waals surface area (Å²) in [5.74, 6) is 0.0159. The van der Waals surface area contributed by atoms with E-state index in [0.717, 1.165) is 30.6 Å². The normalized spacial score (nSPS) is 14.2. The number of amides is 1. The fraction of sp³-hybridized carbons (Fsp3) is 0.167. The van der Waals surface area contributed by atoms with Crippen LogP contribution in [-0.2, 0) is 11.2 Å². The van der Waals surface area contributed by atoms with Gasteiger partial charge in [-0.1, -0.05) is 41.9 Å². The number of hydrogen-bond donors (Lipinski definition) is 0. The van der Waals surface area contributed by atoms with E-state index >= 15 is 0 Å². The van der Waals surface area contributed by atoms with Gasteiger partial charge >= 0.3 is 0 Å². The molecule has 0 aliphatic carbocycles. The van der Waals surface area contributed by atoms with Crippen LogP contribution in [0.4, 0.5) is 5.69 Å².